The van der Waals surface area contributed by atoms with E-state index in [1.807, 2.05) is 30.3 Å². The third-order valence-corrected chi connectivity index (χ3v) is 6.14. The van der Waals surface area contributed by atoms with Gasteiger partial charge < -0.3 is 10.4 Å². The van der Waals surface area contributed by atoms with E-state index in [1.54, 1.807) is 24.7 Å². The number of thiazole rings is 2. The Hall–Kier alpha value is -2.62. The third kappa shape index (κ3) is 3.36. The monoisotopic (exact) mass is 414 g/mol. The van der Waals surface area contributed by atoms with Gasteiger partial charge in [0.1, 0.15) is 6.04 Å². The summed E-state index contributed by atoms with van der Waals surface area (Å²) >= 11 is 7.97. The summed E-state index contributed by atoms with van der Waals surface area (Å²) in [4.78, 5) is 21.5. The van der Waals surface area contributed by atoms with Crippen LogP contribution in [0.1, 0.15) is 23.4 Å². The van der Waals surface area contributed by atoms with Crippen molar-refractivity contribution in [3.8, 4) is 5.88 Å². The molecule has 27 heavy (non-hydrogen) atoms. The zero-order valence-corrected chi connectivity index (χ0v) is 16.6. The number of carbonyl (C=O) groups excluding carboxylic acids is 1. The second kappa shape index (κ2) is 7.18. The topological polar surface area (TPSA) is 79.5 Å². The number of anilines is 1. The van der Waals surface area contributed by atoms with Crippen LogP contribution in [0.5, 0.6) is 5.88 Å². The Morgan fingerprint density at radius 1 is 1.41 bits per heavy atom. The number of rotatable bonds is 4. The number of aromatic hydroxyl groups is 1. The zero-order valence-electron chi connectivity index (χ0n) is 14.1. The molecule has 136 valence electrons. The molecular weight excluding hydrogens is 400 g/mol. The van der Waals surface area contributed by atoms with Gasteiger partial charge in [0.2, 0.25) is 11.8 Å². The Bertz CT molecular complexity index is 1130. The number of aromatic nitrogens is 2. The molecule has 9 heteroatoms. The molecule has 1 unspecified atom stereocenters. The van der Waals surface area contributed by atoms with Gasteiger partial charge in [0.25, 0.3) is 0 Å². The maximum absolute atomic E-state index is 12.5. The highest BCUT2D eigenvalue weighted by Crippen LogP contribution is 2.37. The smallest absolute Gasteiger partial charge is 0.249 e. The number of hydrogen-bond acceptors (Lipinski definition) is 7. The van der Waals surface area contributed by atoms with Crippen molar-refractivity contribution < 1.29 is 9.90 Å². The number of benzene rings is 1. The molecule has 6 nitrogen and oxygen atoms in total. The minimum absolute atomic E-state index is 0.0305. The lowest BCUT2D eigenvalue weighted by Crippen LogP contribution is -2.23. The first-order chi connectivity index (χ1) is 13.0. The number of hydrogen-bond donors (Lipinski definition) is 2. The molecule has 1 atom stereocenters. The lowest BCUT2D eigenvalue weighted by Gasteiger charge is -2.13. The second-order valence-electron chi connectivity index (χ2n) is 5.80. The number of aliphatic imine (C=N–C) groups is 1. The van der Waals surface area contributed by atoms with Crippen LogP contribution in [-0.2, 0) is 4.79 Å². The molecule has 3 aromatic rings. The molecule has 0 fully saturated rings. The molecule has 0 aliphatic carbocycles. The van der Waals surface area contributed by atoms with Crippen molar-refractivity contribution in [3.05, 3.63) is 50.2 Å². The molecule has 0 saturated heterocycles. The van der Waals surface area contributed by atoms with Crippen LogP contribution >= 0.6 is 34.9 Å². The molecule has 4 rings (SSSR count). The normalized spacial score (nSPS) is 15.1. The molecule has 2 N–H and O–H groups in total. The van der Waals surface area contributed by atoms with Gasteiger partial charge in [-0.15, -0.1) is 22.7 Å². The average Bonchev–Trinajstić information content (AvgIpc) is 3.36. The standard InChI is InChI=1S/C18H14N4O2S3/c1-10(15(23)21-17-19-6-7-26-17)22-16(24)14(27-18(22)25)8-11-9-20-13-5-3-2-4-12(11)13/h2-10,24H,1H3,(H,19,21,23)/b11-8+. The van der Waals surface area contributed by atoms with Gasteiger partial charge in [0.05, 0.1) is 10.6 Å². The zero-order chi connectivity index (χ0) is 19.0. The number of allylic oxidation sites excluding steroid dienone is 1. The molecule has 1 aliphatic heterocycles. The average molecular weight is 415 g/mol. The fourth-order valence-corrected chi connectivity index (χ4v) is 4.69. The second-order valence-corrected chi connectivity index (χ2v) is 8.37. The summed E-state index contributed by atoms with van der Waals surface area (Å²) in [5, 5.41) is 15.7. The van der Waals surface area contributed by atoms with Gasteiger partial charge in [-0.1, -0.05) is 18.2 Å². The van der Waals surface area contributed by atoms with Crippen LogP contribution in [0, 0.1) is 3.95 Å². The number of nitrogens with one attached hydrogen (secondary N) is 1. The van der Waals surface area contributed by atoms with Crippen LogP contribution in [0.15, 0.2) is 40.8 Å². The number of amides is 1. The number of para-hydroxylation sites is 1. The van der Waals surface area contributed by atoms with Gasteiger partial charge >= 0.3 is 0 Å². The number of fused-ring (bicyclic) bond motifs is 1. The van der Waals surface area contributed by atoms with Gasteiger partial charge in [0, 0.05) is 28.9 Å². The number of nitrogens with zero attached hydrogens (tertiary/aromatic N) is 3. The molecule has 0 spiro atoms. The maximum Gasteiger partial charge on any atom is 0.249 e. The summed E-state index contributed by atoms with van der Waals surface area (Å²) in [5.74, 6) is -0.321. The first kappa shape index (κ1) is 17.8. The van der Waals surface area contributed by atoms with Crippen molar-refractivity contribution in [2.45, 2.75) is 13.0 Å². The van der Waals surface area contributed by atoms with E-state index in [0.717, 1.165) is 16.8 Å². The van der Waals surface area contributed by atoms with Crippen molar-refractivity contribution in [1.82, 2.24) is 9.55 Å². The quantitative estimate of drug-likeness (QED) is 0.595. The summed E-state index contributed by atoms with van der Waals surface area (Å²) in [7, 11) is 0. The Kier molecular flexibility index (Phi) is 4.73. The largest absolute Gasteiger partial charge is 0.493 e. The van der Waals surface area contributed by atoms with Gasteiger partial charge in [-0.3, -0.25) is 14.4 Å². The fraction of sp³-hybridized carbons (Fsp3) is 0.111. The van der Waals surface area contributed by atoms with Gasteiger partial charge in [-0.25, -0.2) is 4.98 Å². The van der Waals surface area contributed by atoms with Crippen molar-refractivity contribution in [3.63, 3.8) is 0 Å². The highest BCUT2D eigenvalue weighted by Gasteiger charge is 2.23. The van der Waals surface area contributed by atoms with Crippen LogP contribution in [0.25, 0.3) is 11.6 Å². The van der Waals surface area contributed by atoms with E-state index in [1.165, 1.54) is 27.2 Å². The Morgan fingerprint density at radius 3 is 3.00 bits per heavy atom. The Labute approximate surface area is 168 Å². The highest BCUT2D eigenvalue weighted by atomic mass is 32.1. The van der Waals surface area contributed by atoms with E-state index < -0.39 is 6.04 Å². The Balaban J connectivity index is 1.65. The predicted octanol–water partition coefficient (Wildman–Crippen LogP) is 4.90. The molecule has 1 amide bonds. The first-order valence-corrected chi connectivity index (χ1v) is 10.1. The lowest BCUT2D eigenvalue weighted by molar-refractivity contribution is -0.118. The summed E-state index contributed by atoms with van der Waals surface area (Å²) in [5.41, 5.74) is 2.78. The highest BCUT2D eigenvalue weighted by molar-refractivity contribution is 7.73. The van der Waals surface area contributed by atoms with Crippen LogP contribution in [0.4, 0.5) is 10.8 Å². The van der Waals surface area contributed by atoms with E-state index in [0.29, 0.717) is 14.0 Å². The third-order valence-electron chi connectivity index (χ3n) is 4.12. The van der Waals surface area contributed by atoms with Gasteiger partial charge in [-0.05, 0) is 31.3 Å². The maximum atomic E-state index is 12.5. The molecule has 2 aromatic heterocycles. The predicted molar refractivity (Wildman–Crippen MR) is 113 cm³/mol. The van der Waals surface area contributed by atoms with Crippen molar-refractivity contribution >= 4 is 69.5 Å². The first-order valence-electron chi connectivity index (χ1n) is 8.04. The Morgan fingerprint density at radius 2 is 2.22 bits per heavy atom. The molecule has 0 radical (unpaired) electrons. The molecule has 0 saturated carbocycles. The van der Waals surface area contributed by atoms with Crippen molar-refractivity contribution in [2.75, 3.05) is 5.32 Å². The number of carbonyl (C=O) groups is 1. The minimum Gasteiger partial charge on any atom is -0.493 e. The SMILES string of the molecule is CC(C(=O)Nc1nccs1)n1c(O)c(/C=C2\C=Nc3ccccc32)sc1=S. The van der Waals surface area contributed by atoms with E-state index in [-0.39, 0.29) is 11.8 Å². The van der Waals surface area contributed by atoms with Crippen LogP contribution in [-0.4, -0.2) is 26.8 Å². The molecule has 0 bridgehead atoms. The van der Waals surface area contributed by atoms with E-state index in [2.05, 4.69) is 15.3 Å². The van der Waals surface area contributed by atoms with Gasteiger partial charge in [-0.2, -0.15) is 0 Å². The van der Waals surface area contributed by atoms with Crippen LogP contribution < -0.4 is 5.32 Å². The molecule has 1 aromatic carbocycles. The van der Waals surface area contributed by atoms with E-state index in [9.17, 15) is 9.90 Å². The summed E-state index contributed by atoms with van der Waals surface area (Å²) in [6.07, 6.45) is 5.22. The van der Waals surface area contributed by atoms with Crippen LogP contribution in [0.2, 0.25) is 0 Å². The minimum atomic E-state index is -0.672. The molecule has 1 aliphatic rings. The van der Waals surface area contributed by atoms with Crippen molar-refractivity contribution in [1.29, 1.82) is 0 Å². The summed E-state index contributed by atoms with van der Waals surface area (Å²) in [6, 6.07) is 7.12. The van der Waals surface area contributed by atoms with Crippen LogP contribution in [0.3, 0.4) is 0 Å². The van der Waals surface area contributed by atoms with E-state index in [4.69, 9.17) is 12.2 Å². The molecular formula is C18H14N4O2S3. The van der Waals surface area contributed by atoms with E-state index >= 15 is 0 Å². The fourth-order valence-electron chi connectivity index (χ4n) is 2.74. The van der Waals surface area contributed by atoms with Crippen molar-refractivity contribution in [2.24, 2.45) is 4.99 Å². The van der Waals surface area contributed by atoms with Gasteiger partial charge in [0.15, 0.2) is 9.09 Å². The lowest BCUT2D eigenvalue weighted by atomic mass is 10.1. The molecule has 3 heterocycles. The summed E-state index contributed by atoms with van der Waals surface area (Å²) in [6.45, 7) is 1.69. The summed E-state index contributed by atoms with van der Waals surface area (Å²) < 4.78 is 1.87.